The molecule has 0 saturated carbocycles. The highest BCUT2D eigenvalue weighted by molar-refractivity contribution is 5.73. The Balaban J connectivity index is 2.99. The van der Waals surface area contributed by atoms with Crippen LogP contribution in [-0.4, -0.2) is 23.3 Å². The van der Waals surface area contributed by atoms with E-state index >= 15 is 0 Å². The first kappa shape index (κ1) is 17.1. The molecule has 0 amide bonds. The zero-order valence-corrected chi connectivity index (χ0v) is 13.4. The normalized spacial score (nSPS) is 12.6. The van der Waals surface area contributed by atoms with Gasteiger partial charge in [-0.15, -0.1) is 0 Å². The van der Waals surface area contributed by atoms with Crippen LogP contribution in [0.3, 0.4) is 0 Å². The molecule has 0 unspecified atom stereocenters. The van der Waals surface area contributed by atoms with E-state index in [2.05, 4.69) is 0 Å². The maximum Gasteiger partial charge on any atom is 0.310 e. The Bertz CT molecular complexity index is 525. The van der Waals surface area contributed by atoms with Crippen molar-refractivity contribution in [3.8, 4) is 5.75 Å². The average Bonchev–Trinajstić information content (AvgIpc) is 2.40. The van der Waals surface area contributed by atoms with E-state index < -0.39 is 5.60 Å². The zero-order chi connectivity index (χ0) is 16.0. The molecule has 0 heterocycles. The van der Waals surface area contributed by atoms with Crippen molar-refractivity contribution in [1.29, 1.82) is 0 Å². The molecule has 4 nitrogen and oxygen atoms in total. The number of aliphatic hydroxyl groups is 1. The summed E-state index contributed by atoms with van der Waals surface area (Å²) in [6.07, 6.45) is 0.168. The van der Waals surface area contributed by atoms with Crippen LogP contribution >= 0.6 is 0 Å². The van der Waals surface area contributed by atoms with Crippen LogP contribution in [0.5, 0.6) is 5.75 Å². The zero-order valence-electron chi connectivity index (χ0n) is 13.4. The fourth-order valence-corrected chi connectivity index (χ4v) is 1.90. The Morgan fingerprint density at radius 1 is 1.24 bits per heavy atom. The van der Waals surface area contributed by atoms with E-state index in [1.165, 1.54) is 0 Å². The Hall–Kier alpha value is -1.97. The van der Waals surface area contributed by atoms with Gasteiger partial charge in [0.15, 0.2) is 0 Å². The Labute approximate surface area is 126 Å². The monoisotopic (exact) mass is 292 g/mol. The largest absolute Gasteiger partial charge is 0.513 e. The number of hydrogen-bond donors (Lipinski definition) is 1. The van der Waals surface area contributed by atoms with E-state index in [0.717, 1.165) is 11.1 Å². The second-order valence-electron chi connectivity index (χ2n) is 5.41. The van der Waals surface area contributed by atoms with E-state index in [9.17, 15) is 9.90 Å². The number of carbonyl (C=O) groups is 1. The minimum Gasteiger partial charge on any atom is -0.513 e. The molecule has 0 aliphatic heterocycles. The van der Waals surface area contributed by atoms with E-state index in [1.54, 1.807) is 13.8 Å². The van der Waals surface area contributed by atoms with Crippen LogP contribution in [0.25, 0.3) is 0 Å². The van der Waals surface area contributed by atoms with Crippen LogP contribution in [-0.2, 0) is 16.0 Å². The number of rotatable bonds is 6. The van der Waals surface area contributed by atoms with Gasteiger partial charge in [0, 0.05) is 11.1 Å². The van der Waals surface area contributed by atoms with Crippen molar-refractivity contribution in [1.82, 2.24) is 0 Å². The maximum absolute atomic E-state index is 11.6. The molecular formula is C17H24O4. The molecule has 0 saturated heterocycles. The van der Waals surface area contributed by atoms with Crippen molar-refractivity contribution in [3.05, 3.63) is 41.2 Å². The number of carbonyl (C=O) groups excluding carboxylic acids is 1. The van der Waals surface area contributed by atoms with E-state index in [-0.39, 0.29) is 18.1 Å². The molecule has 0 bridgehead atoms. The highest BCUT2D eigenvalue weighted by Gasteiger charge is 2.25. The highest BCUT2D eigenvalue weighted by atomic mass is 16.5. The number of aliphatic hydroxyl groups excluding tert-OH is 1. The number of ether oxygens (including phenoxy) is 2. The highest BCUT2D eigenvalue weighted by Crippen LogP contribution is 2.29. The average molecular weight is 292 g/mol. The van der Waals surface area contributed by atoms with Gasteiger partial charge in [-0.05, 0) is 40.7 Å². The number of esters is 1. The Morgan fingerprint density at radius 2 is 1.86 bits per heavy atom. The van der Waals surface area contributed by atoms with Crippen LogP contribution in [0, 0.1) is 0 Å². The first-order valence-corrected chi connectivity index (χ1v) is 7.07. The molecule has 0 radical (unpaired) electrons. The first-order valence-electron chi connectivity index (χ1n) is 7.07. The quantitative estimate of drug-likeness (QED) is 0.640. The first-order chi connectivity index (χ1) is 9.77. The molecule has 1 aromatic rings. The lowest BCUT2D eigenvalue weighted by atomic mass is 9.98. The Kier molecular flexibility index (Phi) is 5.82. The van der Waals surface area contributed by atoms with Crippen LogP contribution in [0.4, 0.5) is 0 Å². The van der Waals surface area contributed by atoms with Gasteiger partial charge in [-0.3, -0.25) is 4.79 Å². The summed E-state index contributed by atoms with van der Waals surface area (Å²) in [6, 6.07) is 7.36. The molecule has 0 fully saturated rings. The third kappa shape index (κ3) is 4.81. The van der Waals surface area contributed by atoms with Gasteiger partial charge >= 0.3 is 5.97 Å². The predicted octanol–water partition coefficient (Wildman–Crippen LogP) is 3.80. The van der Waals surface area contributed by atoms with Gasteiger partial charge in [0.1, 0.15) is 11.4 Å². The summed E-state index contributed by atoms with van der Waals surface area (Å²) in [4.78, 5) is 11.6. The Morgan fingerprint density at radius 3 is 2.43 bits per heavy atom. The lowest BCUT2D eigenvalue weighted by molar-refractivity contribution is -0.142. The van der Waals surface area contributed by atoms with Gasteiger partial charge in [-0.25, -0.2) is 0 Å². The van der Waals surface area contributed by atoms with E-state index in [1.807, 2.05) is 45.0 Å². The van der Waals surface area contributed by atoms with Crippen molar-refractivity contribution in [2.45, 2.75) is 46.6 Å². The molecule has 4 heteroatoms. The summed E-state index contributed by atoms with van der Waals surface area (Å²) in [5, 5.41) is 9.64. The summed E-state index contributed by atoms with van der Waals surface area (Å²) >= 11 is 0. The van der Waals surface area contributed by atoms with Crippen LogP contribution in [0.1, 0.15) is 40.2 Å². The minimum atomic E-state index is -0.663. The minimum absolute atomic E-state index is 0.168. The lowest BCUT2D eigenvalue weighted by Gasteiger charge is -2.29. The van der Waals surface area contributed by atoms with Gasteiger partial charge < -0.3 is 14.6 Å². The van der Waals surface area contributed by atoms with Gasteiger partial charge in [-0.1, -0.05) is 18.2 Å². The fourth-order valence-electron chi connectivity index (χ4n) is 1.90. The van der Waals surface area contributed by atoms with Gasteiger partial charge in [0.25, 0.3) is 0 Å². The number of hydrogen-bond acceptors (Lipinski definition) is 4. The van der Waals surface area contributed by atoms with Crippen LogP contribution in [0.2, 0.25) is 0 Å². The summed E-state index contributed by atoms with van der Waals surface area (Å²) in [5.41, 5.74) is 0.852. The van der Waals surface area contributed by atoms with E-state index in [4.69, 9.17) is 9.47 Å². The summed E-state index contributed by atoms with van der Waals surface area (Å²) < 4.78 is 11.0. The number of para-hydroxylation sites is 1. The van der Waals surface area contributed by atoms with Gasteiger partial charge in [-0.2, -0.15) is 0 Å². The molecule has 1 N–H and O–H groups in total. The van der Waals surface area contributed by atoms with Gasteiger partial charge in [0.05, 0.1) is 18.8 Å². The molecule has 0 atom stereocenters. The maximum atomic E-state index is 11.6. The van der Waals surface area contributed by atoms with Crippen molar-refractivity contribution in [2.24, 2.45) is 0 Å². The SMILES string of the molecule is CCOC(=O)Cc1ccccc1OC(C)(C)/C(C)=C(\C)O. The molecule has 21 heavy (non-hydrogen) atoms. The fraction of sp³-hybridized carbons (Fsp3) is 0.471. The molecule has 0 aliphatic rings. The van der Waals surface area contributed by atoms with Crippen molar-refractivity contribution >= 4 is 5.97 Å². The molecule has 1 rings (SSSR count). The molecule has 0 aromatic heterocycles. The third-order valence-corrected chi connectivity index (χ3v) is 3.42. The molecule has 116 valence electrons. The molecule has 0 aliphatic carbocycles. The molecule has 0 spiro atoms. The number of benzene rings is 1. The predicted molar refractivity (Wildman–Crippen MR) is 82.5 cm³/mol. The van der Waals surface area contributed by atoms with Crippen LogP contribution < -0.4 is 4.74 Å². The van der Waals surface area contributed by atoms with Crippen molar-refractivity contribution in [2.75, 3.05) is 6.61 Å². The number of allylic oxidation sites excluding steroid dienone is 1. The second-order valence-corrected chi connectivity index (χ2v) is 5.41. The summed E-state index contributed by atoms with van der Waals surface area (Å²) in [7, 11) is 0. The van der Waals surface area contributed by atoms with Crippen molar-refractivity contribution < 1.29 is 19.4 Å². The molecular weight excluding hydrogens is 268 g/mol. The second kappa shape index (κ2) is 7.16. The third-order valence-electron chi connectivity index (χ3n) is 3.42. The lowest BCUT2D eigenvalue weighted by Crippen LogP contribution is -2.31. The molecule has 1 aromatic carbocycles. The summed E-state index contributed by atoms with van der Waals surface area (Å²) in [6.45, 7) is 9.35. The summed E-state index contributed by atoms with van der Waals surface area (Å²) in [5.74, 6) is 0.580. The smallest absolute Gasteiger partial charge is 0.310 e. The topological polar surface area (TPSA) is 55.8 Å². The van der Waals surface area contributed by atoms with Crippen molar-refractivity contribution in [3.63, 3.8) is 0 Å². The van der Waals surface area contributed by atoms with Gasteiger partial charge in [0.2, 0.25) is 0 Å². The van der Waals surface area contributed by atoms with Crippen LogP contribution in [0.15, 0.2) is 35.6 Å². The standard InChI is InChI=1S/C17H24O4/c1-6-20-16(19)11-14-9-7-8-10-15(14)21-17(4,5)12(2)13(3)18/h7-10,18H,6,11H2,1-5H3/b13-12+. The van der Waals surface area contributed by atoms with E-state index in [0.29, 0.717) is 12.4 Å².